The minimum absolute atomic E-state index is 0.0372. The first-order valence-electron chi connectivity index (χ1n) is 8.44. The predicted molar refractivity (Wildman–Crippen MR) is 97.1 cm³/mol. The van der Waals surface area contributed by atoms with Crippen LogP contribution in [0.4, 0.5) is 0 Å². The second-order valence-corrected chi connectivity index (χ2v) is 9.50. The molecule has 134 valence electrons. The molecule has 1 saturated heterocycles. The van der Waals surface area contributed by atoms with Crippen LogP contribution >= 0.6 is 27.3 Å². The third-order valence-corrected chi connectivity index (χ3v) is 6.45. The van der Waals surface area contributed by atoms with Crippen molar-refractivity contribution in [1.82, 2.24) is 10.3 Å². The summed E-state index contributed by atoms with van der Waals surface area (Å²) in [6.45, 7) is 6.45. The predicted octanol–water partition coefficient (Wildman–Crippen LogP) is 3.77. The molecule has 0 amide bonds. The number of nitrogens with one attached hydrogen (secondary N) is 1. The maximum atomic E-state index is 12.1. The van der Waals surface area contributed by atoms with Crippen LogP contribution in [-0.4, -0.2) is 35.2 Å². The summed E-state index contributed by atoms with van der Waals surface area (Å²) in [5, 5.41) is 6.58. The van der Waals surface area contributed by atoms with Crippen LogP contribution in [-0.2, 0) is 19.9 Å². The molecule has 1 unspecified atom stereocenters. The second kappa shape index (κ2) is 6.67. The zero-order valence-electron chi connectivity index (χ0n) is 14.5. The maximum absolute atomic E-state index is 12.1. The Bertz CT molecular complexity index is 609. The standard InChI is InChI=1S/C17H25BrN2O3S/c1-15(2,3)23-13(21)9-22-17(14-20-12(18)10-24-14)7-8-19-16(11-17)5-4-6-16/h10,19H,4-9,11H2,1-3H3. The molecule has 1 spiro atoms. The molecule has 1 aromatic heterocycles. The molecule has 5 nitrogen and oxygen atoms in total. The summed E-state index contributed by atoms with van der Waals surface area (Å²) in [4.78, 5) is 16.7. The van der Waals surface area contributed by atoms with Crippen LogP contribution in [0.3, 0.4) is 0 Å². The summed E-state index contributed by atoms with van der Waals surface area (Å²) in [5.74, 6) is -0.321. The number of piperidine rings is 1. The Kier molecular flexibility index (Phi) is 5.08. The molecule has 2 aliphatic rings. The van der Waals surface area contributed by atoms with Gasteiger partial charge in [0.15, 0.2) is 0 Å². The summed E-state index contributed by atoms with van der Waals surface area (Å²) < 4.78 is 12.4. The van der Waals surface area contributed by atoms with Crippen LogP contribution in [0.15, 0.2) is 9.98 Å². The molecule has 1 atom stereocenters. The van der Waals surface area contributed by atoms with E-state index in [1.165, 1.54) is 6.42 Å². The van der Waals surface area contributed by atoms with E-state index in [2.05, 4.69) is 26.2 Å². The van der Waals surface area contributed by atoms with E-state index in [-0.39, 0.29) is 18.1 Å². The minimum Gasteiger partial charge on any atom is -0.458 e. The number of hydrogen-bond donors (Lipinski definition) is 1. The van der Waals surface area contributed by atoms with E-state index in [4.69, 9.17) is 9.47 Å². The summed E-state index contributed by atoms with van der Waals surface area (Å²) in [7, 11) is 0. The van der Waals surface area contributed by atoms with Crippen molar-refractivity contribution < 1.29 is 14.3 Å². The molecule has 1 aromatic rings. The molecule has 0 radical (unpaired) electrons. The van der Waals surface area contributed by atoms with Crippen molar-refractivity contribution in [3.05, 3.63) is 15.0 Å². The average Bonchev–Trinajstić information content (AvgIpc) is 2.89. The number of thiazole rings is 1. The Hall–Kier alpha value is -0.500. The van der Waals surface area contributed by atoms with Crippen LogP contribution in [0.2, 0.25) is 0 Å². The van der Waals surface area contributed by atoms with Crippen molar-refractivity contribution in [2.75, 3.05) is 13.2 Å². The van der Waals surface area contributed by atoms with Crippen molar-refractivity contribution in [2.45, 2.75) is 69.6 Å². The lowest BCUT2D eigenvalue weighted by molar-refractivity contribution is -0.174. The molecular formula is C17H25BrN2O3S. The Morgan fingerprint density at radius 3 is 2.71 bits per heavy atom. The minimum atomic E-state index is -0.501. The third kappa shape index (κ3) is 4.00. The van der Waals surface area contributed by atoms with Crippen LogP contribution in [0.5, 0.6) is 0 Å². The second-order valence-electron chi connectivity index (χ2n) is 7.83. The highest BCUT2D eigenvalue weighted by atomic mass is 79.9. The SMILES string of the molecule is CC(C)(C)OC(=O)COC1(c2nc(Br)cs2)CCNC2(CCC2)C1. The fourth-order valence-electron chi connectivity index (χ4n) is 3.58. The summed E-state index contributed by atoms with van der Waals surface area (Å²) >= 11 is 5.03. The largest absolute Gasteiger partial charge is 0.458 e. The Morgan fingerprint density at radius 2 is 2.17 bits per heavy atom. The molecular weight excluding hydrogens is 392 g/mol. The van der Waals surface area contributed by atoms with E-state index in [1.807, 2.05) is 26.2 Å². The first-order chi connectivity index (χ1) is 11.2. The van der Waals surface area contributed by atoms with Crippen molar-refractivity contribution in [1.29, 1.82) is 0 Å². The smallest absolute Gasteiger partial charge is 0.332 e. The number of aromatic nitrogens is 1. The van der Waals surface area contributed by atoms with Gasteiger partial charge in [-0.1, -0.05) is 0 Å². The van der Waals surface area contributed by atoms with E-state index in [0.29, 0.717) is 0 Å². The number of carbonyl (C=O) groups excluding carboxylic acids is 1. The zero-order chi connectivity index (χ0) is 17.4. The topological polar surface area (TPSA) is 60.5 Å². The molecule has 1 aliphatic carbocycles. The molecule has 0 bridgehead atoms. The van der Waals surface area contributed by atoms with E-state index in [1.54, 1.807) is 11.3 Å². The van der Waals surface area contributed by atoms with Crippen molar-refractivity contribution in [2.24, 2.45) is 0 Å². The molecule has 2 heterocycles. The van der Waals surface area contributed by atoms with Gasteiger partial charge in [0.1, 0.15) is 27.4 Å². The van der Waals surface area contributed by atoms with Gasteiger partial charge in [-0.05, 0) is 68.9 Å². The number of nitrogens with zero attached hydrogens (tertiary/aromatic N) is 1. The van der Waals surface area contributed by atoms with Gasteiger partial charge in [0.2, 0.25) is 0 Å². The molecule has 1 N–H and O–H groups in total. The number of halogens is 1. The first-order valence-corrected chi connectivity index (χ1v) is 10.1. The average molecular weight is 417 g/mol. The van der Waals surface area contributed by atoms with Gasteiger partial charge >= 0.3 is 5.97 Å². The number of rotatable bonds is 4. The first kappa shape index (κ1) is 18.3. The highest BCUT2D eigenvalue weighted by Crippen LogP contribution is 2.48. The Labute approximate surface area is 155 Å². The van der Waals surface area contributed by atoms with Gasteiger partial charge in [0, 0.05) is 17.3 Å². The molecule has 24 heavy (non-hydrogen) atoms. The zero-order valence-corrected chi connectivity index (χ0v) is 16.9. The Morgan fingerprint density at radius 1 is 1.42 bits per heavy atom. The van der Waals surface area contributed by atoms with Gasteiger partial charge in [0.05, 0.1) is 0 Å². The number of carbonyl (C=O) groups is 1. The van der Waals surface area contributed by atoms with Crippen molar-refractivity contribution in [3.63, 3.8) is 0 Å². The van der Waals surface area contributed by atoms with Crippen LogP contribution in [0.1, 0.15) is 57.9 Å². The number of ether oxygens (including phenoxy) is 2. The lowest BCUT2D eigenvalue weighted by Gasteiger charge is -2.52. The van der Waals surface area contributed by atoms with Gasteiger partial charge in [-0.25, -0.2) is 9.78 Å². The van der Waals surface area contributed by atoms with Gasteiger partial charge < -0.3 is 14.8 Å². The molecule has 1 saturated carbocycles. The number of esters is 1. The molecule has 7 heteroatoms. The fourth-order valence-corrected chi connectivity index (χ4v) is 5.02. The van der Waals surface area contributed by atoms with Crippen LogP contribution in [0, 0.1) is 0 Å². The lowest BCUT2D eigenvalue weighted by Crippen LogP contribution is -2.60. The molecule has 2 fully saturated rings. The van der Waals surface area contributed by atoms with Crippen molar-refractivity contribution in [3.8, 4) is 0 Å². The van der Waals surface area contributed by atoms with E-state index in [0.717, 1.165) is 41.8 Å². The third-order valence-electron chi connectivity index (χ3n) is 4.72. The summed E-state index contributed by atoms with van der Waals surface area (Å²) in [6, 6.07) is 0. The van der Waals surface area contributed by atoms with Gasteiger partial charge in [-0.2, -0.15) is 0 Å². The van der Waals surface area contributed by atoms with Crippen molar-refractivity contribution >= 4 is 33.2 Å². The van der Waals surface area contributed by atoms with Crippen LogP contribution < -0.4 is 5.32 Å². The van der Waals surface area contributed by atoms with E-state index < -0.39 is 11.2 Å². The van der Waals surface area contributed by atoms with E-state index >= 15 is 0 Å². The molecule has 0 aromatic carbocycles. The van der Waals surface area contributed by atoms with Gasteiger partial charge in [0.25, 0.3) is 0 Å². The van der Waals surface area contributed by atoms with E-state index in [9.17, 15) is 4.79 Å². The lowest BCUT2D eigenvalue weighted by atomic mass is 9.67. The summed E-state index contributed by atoms with van der Waals surface area (Å²) in [6.07, 6.45) is 5.26. The molecule has 1 aliphatic heterocycles. The highest BCUT2D eigenvalue weighted by molar-refractivity contribution is 9.10. The van der Waals surface area contributed by atoms with Gasteiger partial charge in [-0.15, -0.1) is 11.3 Å². The normalized spacial score (nSPS) is 26.2. The maximum Gasteiger partial charge on any atom is 0.332 e. The monoisotopic (exact) mass is 416 g/mol. The molecule has 3 rings (SSSR count). The van der Waals surface area contributed by atoms with Crippen LogP contribution in [0.25, 0.3) is 0 Å². The van der Waals surface area contributed by atoms with Gasteiger partial charge in [-0.3, -0.25) is 0 Å². The highest BCUT2D eigenvalue weighted by Gasteiger charge is 2.51. The summed E-state index contributed by atoms with van der Waals surface area (Å²) in [5.41, 5.74) is -0.856. The number of hydrogen-bond acceptors (Lipinski definition) is 6. The quantitative estimate of drug-likeness (QED) is 0.756. The Balaban J connectivity index is 1.77. The fraction of sp³-hybridized carbons (Fsp3) is 0.765.